The number of carbonyl (C=O) groups is 2. The molecule has 1 aromatic carbocycles. The molecule has 2 rings (SSSR count). The maximum absolute atomic E-state index is 11.0. The highest BCUT2D eigenvalue weighted by Gasteiger charge is 2.48. The molecule has 5 atom stereocenters. The van der Waals surface area contributed by atoms with Crippen LogP contribution in [0.1, 0.15) is 12.5 Å². The van der Waals surface area contributed by atoms with Crippen LogP contribution < -0.4 is 10.1 Å². The summed E-state index contributed by atoms with van der Waals surface area (Å²) in [6.45, 7) is 1.92. The van der Waals surface area contributed by atoms with E-state index in [-0.39, 0.29) is 5.91 Å². The fraction of sp³-hybridized carbons (Fsp3) is 0.500. The molecule has 1 amide bonds. The molecule has 1 aromatic rings. The largest absolute Gasteiger partial charge is 0.479 e. The maximum Gasteiger partial charge on any atom is 0.335 e. The van der Waals surface area contributed by atoms with Crippen molar-refractivity contribution in [1.82, 2.24) is 5.32 Å². The Labute approximate surface area is 143 Å². The van der Waals surface area contributed by atoms with Crippen LogP contribution in [0, 0.1) is 0 Å². The maximum atomic E-state index is 11.0. The van der Waals surface area contributed by atoms with Gasteiger partial charge in [0.2, 0.25) is 12.2 Å². The van der Waals surface area contributed by atoms with E-state index < -0.39 is 36.7 Å². The van der Waals surface area contributed by atoms with Gasteiger partial charge in [0.15, 0.2) is 6.10 Å². The van der Waals surface area contributed by atoms with Crippen molar-refractivity contribution < 1.29 is 39.5 Å². The van der Waals surface area contributed by atoms with Crippen molar-refractivity contribution in [3.8, 4) is 5.75 Å². The van der Waals surface area contributed by atoms with Gasteiger partial charge in [-0.05, 0) is 24.1 Å². The topological polar surface area (TPSA) is 146 Å². The quantitative estimate of drug-likeness (QED) is 0.420. The molecule has 0 aromatic heterocycles. The molecule has 1 saturated heterocycles. The van der Waals surface area contributed by atoms with Crippen LogP contribution in [0.4, 0.5) is 0 Å². The molecule has 1 heterocycles. The average Bonchev–Trinajstić information content (AvgIpc) is 2.56. The Morgan fingerprint density at radius 3 is 2.32 bits per heavy atom. The number of nitrogens with one attached hydrogen (secondary N) is 1. The third-order valence-electron chi connectivity index (χ3n) is 3.78. The summed E-state index contributed by atoms with van der Waals surface area (Å²) in [6.07, 6.45) is -7.61. The zero-order valence-electron chi connectivity index (χ0n) is 13.5. The number of rotatable bonds is 6. The molecule has 0 aliphatic carbocycles. The summed E-state index contributed by atoms with van der Waals surface area (Å²) >= 11 is 0. The van der Waals surface area contributed by atoms with Crippen molar-refractivity contribution in [2.75, 3.05) is 6.54 Å². The summed E-state index contributed by atoms with van der Waals surface area (Å²) < 4.78 is 10.4. The van der Waals surface area contributed by atoms with Gasteiger partial charge in [-0.3, -0.25) is 4.79 Å². The summed E-state index contributed by atoms with van der Waals surface area (Å²) in [5, 5.41) is 40.9. The molecule has 5 N–H and O–H groups in total. The van der Waals surface area contributed by atoms with Crippen LogP contribution in [0.2, 0.25) is 0 Å². The Morgan fingerprint density at radius 2 is 1.76 bits per heavy atom. The molecule has 1 unspecified atom stereocenters. The second-order valence-corrected chi connectivity index (χ2v) is 5.73. The first-order valence-corrected chi connectivity index (χ1v) is 7.72. The van der Waals surface area contributed by atoms with Gasteiger partial charge in [0.1, 0.15) is 24.1 Å². The van der Waals surface area contributed by atoms with Crippen molar-refractivity contribution in [3.63, 3.8) is 0 Å². The number of hydrogen-bond acceptors (Lipinski definition) is 7. The lowest BCUT2D eigenvalue weighted by atomic mass is 9.99. The molecule has 1 aliphatic heterocycles. The standard InChI is InChI=1S/C16H21NO8/c1-8(18)17-7-6-9-2-4-10(5-3-9)24-16-13(21)11(19)12(20)14(25-16)15(22)23/h2-5,11-14,16,19-21H,6-7H2,1H3,(H,17,18)(H,22,23)/t11-,12-,13+,14-,16?/m0/s1. The van der Waals surface area contributed by atoms with Crippen molar-refractivity contribution in [3.05, 3.63) is 29.8 Å². The van der Waals surface area contributed by atoms with E-state index in [0.29, 0.717) is 18.7 Å². The molecule has 1 fully saturated rings. The second-order valence-electron chi connectivity index (χ2n) is 5.73. The van der Waals surface area contributed by atoms with Gasteiger partial charge in [0.25, 0.3) is 0 Å². The highest BCUT2D eigenvalue weighted by atomic mass is 16.7. The second kappa shape index (κ2) is 8.26. The van der Waals surface area contributed by atoms with E-state index in [1.165, 1.54) is 6.92 Å². The SMILES string of the molecule is CC(=O)NCCc1ccc(OC2O[C@H](C(=O)O)[C@@H](O)[C@H](O)[C@H]2O)cc1. The van der Waals surface area contributed by atoms with Gasteiger partial charge in [-0.2, -0.15) is 0 Å². The van der Waals surface area contributed by atoms with Gasteiger partial charge >= 0.3 is 5.97 Å². The summed E-state index contributed by atoms with van der Waals surface area (Å²) in [4.78, 5) is 21.9. The number of carbonyl (C=O) groups excluding carboxylic acids is 1. The molecule has 0 radical (unpaired) electrons. The molecular weight excluding hydrogens is 334 g/mol. The summed E-state index contributed by atoms with van der Waals surface area (Å²) in [5.74, 6) is -1.29. The number of carboxylic acids is 1. The van der Waals surface area contributed by atoms with E-state index in [2.05, 4.69) is 5.32 Å². The van der Waals surface area contributed by atoms with Crippen molar-refractivity contribution in [2.24, 2.45) is 0 Å². The van der Waals surface area contributed by atoms with Crippen LogP contribution in [-0.2, 0) is 20.7 Å². The lowest BCUT2D eigenvalue weighted by molar-refractivity contribution is -0.271. The summed E-state index contributed by atoms with van der Waals surface area (Å²) in [6, 6.07) is 6.66. The van der Waals surface area contributed by atoms with E-state index >= 15 is 0 Å². The predicted octanol–water partition coefficient (Wildman–Crippen LogP) is -1.36. The van der Waals surface area contributed by atoms with E-state index in [1.54, 1.807) is 24.3 Å². The number of hydrogen-bond donors (Lipinski definition) is 5. The van der Waals surface area contributed by atoms with Gasteiger partial charge in [0.05, 0.1) is 0 Å². The molecule has 0 spiro atoms. The summed E-state index contributed by atoms with van der Waals surface area (Å²) in [5.41, 5.74) is 0.935. The number of benzene rings is 1. The fourth-order valence-corrected chi connectivity index (χ4v) is 2.40. The number of aliphatic carboxylic acids is 1. The van der Waals surface area contributed by atoms with Crippen LogP contribution >= 0.6 is 0 Å². The number of carboxylic acid groups (broad SMARTS) is 1. The molecule has 0 saturated carbocycles. The Balaban J connectivity index is 1.98. The minimum absolute atomic E-state index is 0.114. The summed E-state index contributed by atoms with van der Waals surface area (Å²) in [7, 11) is 0. The highest BCUT2D eigenvalue weighted by molar-refractivity contribution is 5.73. The van der Waals surface area contributed by atoms with Gasteiger partial charge in [-0.1, -0.05) is 12.1 Å². The number of amides is 1. The third-order valence-corrected chi connectivity index (χ3v) is 3.78. The van der Waals surface area contributed by atoms with Crippen LogP contribution in [-0.4, -0.2) is 69.6 Å². The lowest BCUT2D eigenvalue weighted by Crippen LogP contribution is -2.61. The van der Waals surface area contributed by atoms with Crippen LogP contribution in [0.15, 0.2) is 24.3 Å². The Morgan fingerprint density at radius 1 is 1.12 bits per heavy atom. The van der Waals surface area contributed by atoms with Crippen LogP contribution in [0.3, 0.4) is 0 Å². The first-order valence-electron chi connectivity index (χ1n) is 7.72. The fourth-order valence-electron chi connectivity index (χ4n) is 2.40. The highest BCUT2D eigenvalue weighted by Crippen LogP contribution is 2.24. The Bertz CT molecular complexity index is 605. The zero-order valence-corrected chi connectivity index (χ0v) is 13.5. The monoisotopic (exact) mass is 355 g/mol. The molecular formula is C16H21NO8. The molecule has 138 valence electrons. The van der Waals surface area contributed by atoms with E-state index in [1.807, 2.05) is 0 Å². The molecule has 9 nitrogen and oxygen atoms in total. The molecule has 1 aliphatic rings. The van der Waals surface area contributed by atoms with Gasteiger partial charge in [-0.15, -0.1) is 0 Å². The number of aliphatic hydroxyl groups excluding tert-OH is 3. The van der Waals surface area contributed by atoms with Gasteiger partial charge in [0, 0.05) is 13.5 Å². The predicted molar refractivity (Wildman–Crippen MR) is 83.8 cm³/mol. The van der Waals surface area contributed by atoms with E-state index in [0.717, 1.165) is 5.56 Å². The minimum atomic E-state index is -1.76. The average molecular weight is 355 g/mol. The van der Waals surface area contributed by atoms with Crippen LogP contribution in [0.5, 0.6) is 5.75 Å². The number of ether oxygens (including phenoxy) is 2. The van der Waals surface area contributed by atoms with E-state index in [4.69, 9.17) is 14.6 Å². The van der Waals surface area contributed by atoms with Gasteiger partial charge < -0.3 is 35.2 Å². The van der Waals surface area contributed by atoms with Crippen molar-refractivity contribution >= 4 is 11.9 Å². The smallest absolute Gasteiger partial charge is 0.335 e. The first kappa shape index (κ1) is 19.1. The molecule has 25 heavy (non-hydrogen) atoms. The Hall–Kier alpha value is -2.20. The first-order chi connectivity index (χ1) is 11.8. The Kier molecular flexibility index (Phi) is 6.32. The van der Waals surface area contributed by atoms with Crippen molar-refractivity contribution in [2.45, 2.75) is 44.1 Å². The lowest BCUT2D eigenvalue weighted by Gasteiger charge is -2.38. The van der Waals surface area contributed by atoms with E-state index in [9.17, 15) is 24.9 Å². The van der Waals surface area contributed by atoms with Crippen molar-refractivity contribution in [1.29, 1.82) is 0 Å². The number of aliphatic hydroxyl groups is 3. The van der Waals surface area contributed by atoms with Crippen LogP contribution in [0.25, 0.3) is 0 Å². The normalized spacial score (nSPS) is 29.0. The minimum Gasteiger partial charge on any atom is -0.479 e. The van der Waals surface area contributed by atoms with Gasteiger partial charge in [-0.25, -0.2) is 4.79 Å². The third kappa shape index (κ3) is 4.89. The molecule has 9 heteroatoms. The zero-order chi connectivity index (χ0) is 18.6. The molecule has 0 bridgehead atoms.